The standard InChI is InChI=1S/C17H20N4O/c18-17(19-22)15-8-4-5-9-16(15)21-12-10-20(11-13-21)14-6-2-1-3-7-14/h1-9,22H,10-13H2,(H2,18,19). The molecule has 0 aromatic heterocycles. The maximum atomic E-state index is 8.94. The number of anilines is 2. The monoisotopic (exact) mass is 296 g/mol. The van der Waals surface area contributed by atoms with Crippen LogP contribution in [0.15, 0.2) is 59.8 Å². The van der Waals surface area contributed by atoms with E-state index in [4.69, 9.17) is 10.9 Å². The Morgan fingerprint density at radius 1 is 0.864 bits per heavy atom. The van der Waals surface area contributed by atoms with Gasteiger partial charge in [0.2, 0.25) is 0 Å². The number of nitrogens with two attached hydrogens (primary N) is 1. The van der Waals surface area contributed by atoms with Gasteiger partial charge < -0.3 is 20.7 Å². The second-order valence-corrected chi connectivity index (χ2v) is 5.31. The minimum Gasteiger partial charge on any atom is -0.409 e. The van der Waals surface area contributed by atoms with E-state index in [9.17, 15) is 0 Å². The van der Waals surface area contributed by atoms with Crippen LogP contribution < -0.4 is 15.5 Å². The number of benzene rings is 2. The molecule has 5 nitrogen and oxygen atoms in total. The van der Waals surface area contributed by atoms with Gasteiger partial charge in [0.05, 0.1) is 0 Å². The van der Waals surface area contributed by atoms with Gasteiger partial charge in [0.25, 0.3) is 0 Å². The molecule has 3 N–H and O–H groups in total. The summed E-state index contributed by atoms with van der Waals surface area (Å²) in [5.41, 5.74) is 8.83. The van der Waals surface area contributed by atoms with Crippen molar-refractivity contribution in [3.63, 3.8) is 0 Å². The van der Waals surface area contributed by atoms with Crippen LogP contribution in [0.5, 0.6) is 0 Å². The summed E-state index contributed by atoms with van der Waals surface area (Å²) in [6, 6.07) is 18.2. The minimum absolute atomic E-state index is 0.154. The molecule has 0 spiro atoms. The van der Waals surface area contributed by atoms with Crippen molar-refractivity contribution in [2.24, 2.45) is 10.9 Å². The smallest absolute Gasteiger partial charge is 0.172 e. The van der Waals surface area contributed by atoms with Crippen molar-refractivity contribution in [1.82, 2.24) is 0 Å². The maximum absolute atomic E-state index is 8.94. The quantitative estimate of drug-likeness (QED) is 0.394. The fourth-order valence-corrected chi connectivity index (χ4v) is 2.86. The number of oxime groups is 1. The van der Waals surface area contributed by atoms with E-state index in [1.165, 1.54) is 5.69 Å². The maximum Gasteiger partial charge on any atom is 0.172 e. The van der Waals surface area contributed by atoms with E-state index >= 15 is 0 Å². The Labute approximate surface area is 130 Å². The van der Waals surface area contributed by atoms with Gasteiger partial charge >= 0.3 is 0 Å². The van der Waals surface area contributed by atoms with E-state index < -0.39 is 0 Å². The zero-order valence-electron chi connectivity index (χ0n) is 12.4. The summed E-state index contributed by atoms with van der Waals surface area (Å²) in [5, 5.41) is 12.1. The van der Waals surface area contributed by atoms with Gasteiger partial charge in [-0.1, -0.05) is 35.5 Å². The van der Waals surface area contributed by atoms with Crippen molar-refractivity contribution in [2.45, 2.75) is 0 Å². The molecule has 1 fully saturated rings. The van der Waals surface area contributed by atoms with Crippen LogP contribution in [0.25, 0.3) is 0 Å². The summed E-state index contributed by atoms with van der Waals surface area (Å²) < 4.78 is 0. The molecule has 2 aromatic rings. The molecule has 0 unspecified atom stereocenters. The molecule has 22 heavy (non-hydrogen) atoms. The van der Waals surface area contributed by atoms with Crippen LogP contribution in [0.4, 0.5) is 11.4 Å². The van der Waals surface area contributed by atoms with Crippen LogP contribution in [-0.2, 0) is 0 Å². The predicted molar refractivity (Wildman–Crippen MR) is 89.8 cm³/mol. The fraction of sp³-hybridized carbons (Fsp3) is 0.235. The summed E-state index contributed by atoms with van der Waals surface area (Å²) in [4.78, 5) is 4.66. The highest BCUT2D eigenvalue weighted by atomic mass is 16.4. The average molecular weight is 296 g/mol. The lowest BCUT2D eigenvalue weighted by Gasteiger charge is -2.38. The zero-order valence-corrected chi connectivity index (χ0v) is 12.4. The Morgan fingerprint density at radius 3 is 2.14 bits per heavy atom. The number of para-hydroxylation sites is 2. The molecule has 0 aliphatic carbocycles. The van der Waals surface area contributed by atoms with Gasteiger partial charge in [-0.3, -0.25) is 0 Å². The number of rotatable bonds is 3. The first-order valence-electron chi connectivity index (χ1n) is 7.41. The molecule has 2 aromatic carbocycles. The number of amidine groups is 1. The molecular formula is C17H20N4O. The highest BCUT2D eigenvalue weighted by molar-refractivity contribution is 6.02. The van der Waals surface area contributed by atoms with E-state index in [1.54, 1.807) is 0 Å². The molecule has 0 bridgehead atoms. The Balaban J connectivity index is 1.75. The second-order valence-electron chi connectivity index (χ2n) is 5.31. The summed E-state index contributed by atoms with van der Waals surface area (Å²) in [6.45, 7) is 3.72. The lowest BCUT2D eigenvalue weighted by atomic mass is 10.1. The van der Waals surface area contributed by atoms with Crippen molar-refractivity contribution >= 4 is 17.2 Å². The molecule has 114 valence electrons. The van der Waals surface area contributed by atoms with Gasteiger partial charge in [-0.05, 0) is 24.3 Å². The van der Waals surface area contributed by atoms with Crippen LogP contribution in [0.1, 0.15) is 5.56 Å². The van der Waals surface area contributed by atoms with Crippen LogP contribution in [-0.4, -0.2) is 37.2 Å². The molecule has 3 rings (SSSR count). The van der Waals surface area contributed by atoms with Gasteiger partial charge in [-0.25, -0.2) is 0 Å². The summed E-state index contributed by atoms with van der Waals surface area (Å²) in [7, 11) is 0. The van der Waals surface area contributed by atoms with E-state index in [0.29, 0.717) is 0 Å². The van der Waals surface area contributed by atoms with Crippen LogP contribution >= 0.6 is 0 Å². The number of hydrogen-bond donors (Lipinski definition) is 2. The highest BCUT2D eigenvalue weighted by Gasteiger charge is 2.20. The first-order chi connectivity index (χ1) is 10.8. The zero-order chi connectivity index (χ0) is 15.4. The topological polar surface area (TPSA) is 65.1 Å². The largest absolute Gasteiger partial charge is 0.409 e. The summed E-state index contributed by atoms with van der Waals surface area (Å²) >= 11 is 0. The fourth-order valence-electron chi connectivity index (χ4n) is 2.86. The highest BCUT2D eigenvalue weighted by Crippen LogP contribution is 2.23. The SMILES string of the molecule is N/C(=N\O)c1ccccc1N1CCN(c2ccccc2)CC1. The van der Waals surface area contributed by atoms with Crippen molar-refractivity contribution in [3.05, 3.63) is 60.2 Å². The summed E-state index contributed by atoms with van der Waals surface area (Å²) in [5.74, 6) is 0.154. The predicted octanol–water partition coefficient (Wildman–Crippen LogP) is 2.11. The second kappa shape index (κ2) is 6.39. The van der Waals surface area contributed by atoms with Gasteiger partial charge in [0.15, 0.2) is 5.84 Å². The normalized spacial score (nSPS) is 15.9. The van der Waals surface area contributed by atoms with E-state index in [2.05, 4.69) is 39.2 Å². The molecule has 1 saturated heterocycles. The molecule has 1 heterocycles. The van der Waals surface area contributed by atoms with Gasteiger partial charge in [-0.15, -0.1) is 0 Å². The Kier molecular flexibility index (Phi) is 4.14. The third-order valence-corrected chi connectivity index (χ3v) is 4.03. The van der Waals surface area contributed by atoms with Gasteiger partial charge in [0.1, 0.15) is 0 Å². The Morgan fingerprint density at radius 2 is 1.45 bits per heavy atom. The van der Waals surface area contributed by atoms with Crippen LogP contribution in [0, 0.1) is 0 Å². The molecule has 5 heteroatoms. The molecule has 1 aliphatic heterocycles. The third kappa shape index (κ3) is 2.83. The van der Waals surface area contributed by atoms with Gasteiger partial charge in [0, 0.05) is 43.1 Å². The van der Waals surface area contributed by atoms with Crippen LogP contribution in [0.2, 0.25) is 0 Å². The lowest BCUT2D eigenvalue weighted by Crippen LogP contribution is -2.47. The Hall–Kier alpha value is -2.69. The number of hydrogen-bond acceptors (Lipinski definition) is 4. The molecule has 1 aliphatic rings. The third-order valence-electron chi connectivity index (χ3n) is 4.03. The van der Waals surface area contributed by atoms with Crippen molar-refractivity contribution in [2.75, 3.05) is 36.0 Å². The Bertz CT molecular complexity index is 649. The first kappa shape index (κ1) is 14.3. The van der Waals surface area contributed by atoms with Gasteiger partial charge in [-0.2, -0.15) is 0 Å². The van der Waals surface area contributed by atoms with E-state index in [-0.39, 0.29) is 5.84 Å². The van der Waals surface area contributed by atoms with Crippen molar-refractivity contribution in [3.8, 4) is 0 Å². The van der Waals surface area contributed by atoms with Crippen molar-refractivity contribution in [1.29, 1.82) is 0 Å². The first-order valence-corrected chi connectivity index (χ1v) is 7.41. The van der Waals surface area contributed by atoms with E-state index in [1.807, 2.05) is 30.3 Å². The minimum atomic E-state index is 0.154. The molecule has 0 amide bonds. The summed E-state index contributed by atoms with van der Waals surface area (Å²) in [6.07, 6.45) is 0. The number of piperazine rings is 1. The van der Waals surface area contributed by atoms with Crippen LogP contribution in [0.3, 0.4) is 0 Å². The number of nitrogens with zero attached hydrogens (tertiary/aromatic N) is 3. The molecule has 0 radical (unpaired) electrons. The lowest BCUT2D eigenvalue weighted by molar-refractivity contribution is 0.318. The molecule has 0 saturated carbocycles. The molecular weight excluding hydrogens is 276 g/mol. The van der Waals surface area contributed by atoms with Crippen molar-refractivity contribution < 1.29 is 5.21 Å². The molecule has 0 atom stereocenters. The van der Waals surface area contributed by atoms with E-state index in [0.717, 1.165) is 37.4 Å². The average Bonchev–Trinajstić information content (AvgIpc) is 2.62.